The maximum absolute atomic E-state index is 12.3. The molecule has 4 N–H and O–H groups in total. The number of carbonyl (C=O) groups is 1. The number of hydrogen-bond acceptors (Lipinski definition) is 6. The molecule has 0 radical (unpaired) electrons. The molecule has 0 aromatic heterocycles. The van der Waals surface area contributed by atoms with Crippen molar-refractivity contribution in [2.45, 2.75) is 18.4 Å². The van der Waals surface area contributed by atoms with Crippen molar-refractivity contribution in [3.63, 3.8) is 0 Å². The number of phenolic OH excluding ortho intramolecular Hbond substituents is 2. The van der Waals surface area contributed by atoms with Crippen LogP contribution in [-0.2, 0) is 23.2 Å². The average Bonchev–Trinajstić information content (AvgIpc) is 2.61. The van der Waals surface area contributed by atoms with Gasteiger partial charge in [0.15, 0.2) is 23.0 Å². The highest BCUT2D eigenvalue weighted by molar-refractivity contribution is 5.83. The summed E-state index contributed by atoms with van der Waals surface area (Å²) in [5, 5.41) is 33.2. The predicted octanol–water partition coefficient (Wildman–Crippen LogP) is 1.78. The smallest absolute Gasteiger partial charge is 0.328 e. The molecule has 1 atom stereocenters. The Bertz CT molecular complexity index is 850. The fourth-order valence-corrected chi connectivity index (χ4v) is 3.46. The van der Waals surface area contributed by atoms with Gasteiger partial charge in [-0.25, -0.2) is 4.79 Å². The van der Waals surface area contributed by atoms with Gasteiger partial charge in [0, 0.05) is 13.0 Å². The standard InChI is InChI=1S/C19H21NO6/c1-25-16-4-3-11(7-14(16)21)10-19(18(23)24)13-9-17(26-2)15(22)8-12(13)5-6-20-19/h3-4,7-9,20-22H,5-6,10H2,1-2H3,(H,23,24)/t19-/m0/s1. The lowest BCUT2D eigenvalue weighted by atomic mass is 9.78. The molecule has 138 valence electrons. The molecule has 7 nitrogen and oxygen atoms in total. The number of hydrogen-bond donors (Lipinski definition) is 4. The van der Waals surface area contributed by atoms with Gasteiger partial charge in [0.1, 0.15) is 5.54 Å². The van der Waals surface area contributed by atoms with Crippen molar-refractivity contribution in [1.29, 1.82) is 0 Å². The van der Waals surface area contributed by atoms with Gasteiger partial charge in [0.25, 0.3) is 0 Å². The molecule has 1 aliphatic heterocycles. The molecule has 0 saturated carbocycles. The summed E-state index contributed by atoms with van der Waals surface area (Å²) < 4.78 is 10.2. The third-order valence-corrected chi connectivity index (χ3v) is 4.76. The van der Waals surface area contributed by atoms with Crippen LogP contribution in [0.25, 0.3) is 0 Å². The van der Waals surface area contributed by atoms with Gasteiger partial charge < -0.3 is 24.8 Å². The van der Waals surface area contributed by atoms with Gasteiger partial charge in [0.2, 0.25) is 0 Å². The Kier molecular flexibility index (Phi) is 4.65. The van der Waals surface area contributed by atoms with Gasteiger partial charge in [-0.05, 0) is 47.4 Å². The van der Waals surface area contributed by atoms with Gasteiger partial charge in [-0.15, -0.1) is 0 Å². The second-order valence-electron chi connectivity index (χ2n) is 6.25. The topological polar surface area (TPSA) is 108 Å². The van der Waals surface area contributed by atoms with Crippen molar-refractivity contribution in [3.05, 3.63) is 47.0 Å². The van der Waals surface area contributed by atoms with Crippen LogP contribution in [0.5, 0.6) is 23.0 Å². The molecule has 1 heterocycles. The highest BCUT2D eigenvalue weighted by atomic mass is 16.5. The Labute approximate surface area is 150 Å². The first kappa shape index (κ1) is 17.9. The summed E-state index contributed by atoms with van der Waals surface area (Å²) >= 11 is 0. The van der Waals surface area contributed by atoms with Crippen LogP contribution >= 0.6 is 0 Å². The zero-order valence-corrected chi connectivity index (χ0v) is 14.6. The molecule has 1 aliphatic rings. The minimum absolute atomic E-state index is 0.0190. The third kappa shape index (κ3) is 2.90. The summed E-state index contributed by atoms with van der Waals surface area (Å²) in [7, 11) is 2.87. The van der Waals surface area contributed by atoms with Crippen molar-refractivity contribution in [3.8, 4) is 23.0 Å². The van der Waals surface area contributed by atoms with Crippen LogP contribution in [-0.4, -0.2) is 42.1 Å². The highest BCUT2D eigenvalue weighted by Crippen LogP contribution is 2.39. The number of ether oxygens (including phenoxy) is 2. The Morgan fingerprint density at radius 3 is 2.42 bits per heavy atom. The van der Waals surface area contributed by atoms with Crippen molar-refractivity contribution < 1.29 is 29.6 Å². The maximum Gasteiger partial charge on any atom is 0.328 e. The van der Waals surface area contributed by atoms with Crippen molar-refractivity contribution >= 4 is 5.97 Å². The van der Waals surface area contributed by atoms with Crippen molar-refractivity contribution in [2.75, 3.05) is 20.8 Å². The van der Waals surface area contributed by atoms with E-state index < -0.39 is 11.5 Å². The lowest BCUT2D eigenvalue weighted by Crippen LogP contribution is -2.54. The molecule has 0 saturated heterocycles. The van der Waals surface area contributed by atoms with Gasteiger partial charge in [0.05, 0.1) is 14.2 Å². The van der Waals surface area contributed by atoms with Crippen LogP contribution in [0.15, 0.2) is 30.3 Å². The van der Waals surface area contributed by atoms with Crippen LogP contribution < -0.4 is 14.8 Å². The van der Waals surface area contributed by atoms with Gasteiger partial charge in [-0.3, -0.25) is 5.32 Å². The summed E-state index contributed by atoms with van der Waals surface area (Å²) in [6, 6.07) is 7.93. The fraction of sp³-hybridized carbons (Fsp3) is 0.316. The molecule has 0 spiro atoms. The molecule has 0 unspecified atom stereocenters. The van der Waals surface area contributed by atoms with E-state index in [0.717, 1.165) is 5.56 Å². The van der Waals surface area contributed by atoms with Crippen molar-refractivity contribution in [1.82, 2.24) is 5.32 Å². The van der Waals surface area contributed by atoms with E-state index >= 15 is 0 Å². The number of carboxylic acid groups (broad SMARTS) is 1. The zero-order chi connectivity index (χ0) is 18.9. The predicted molar refractivity (Wildman–Crippen MR) is 94.0 cm³/mol. The van der Waals surface area contributed by atoms with E-state index in [4.69, 9.17) is 9.47 Å². The molecule has 2 aromatic rings. The molecule has 0 aliphatic carbocycles. The number of methoxy groups -OCH3 is 2. The number of aliphatic carboxylic acids is 1. The number of rotatable bonds is 5. The molecular weight excluding hydrogens is 338 g/mol. The lowest BCUT2D eigenvalue weighted by Gasteiger charge is -2.37. The minimum atomic E-state index is -1.39. The van der Waals surface area contributed by atoms with Gasteiger partial charge in [-0.2, -0.15) is 0 Å². The number of nitrogens with one attached hydrogen (secondary N) is 1. The molecular formula is C19H21NO6. The second-order valence-corrected chi connectivity index (χ2v) is 6.25. The minimum Gasteiger partial charge on any atom is -0.504 e. The normalized spacial score (nSPS) is 18.8. The summed E-state index contributed by atoms with van der Waals surface area (Å²) in [5.41, 5.74) is 0.539. The average molecular weight is 359 g/mol. The lowest BCUT2D eigenvalue weighted by molar-refractivity contribution is -0.145. The first-order valence-electron chi connectivity index (χ1n) is 8.16. The fourth-order valence-electron chi connectivity index (χ4n) is 3.46. The Morgan fingerprint density at radius 2 is 1.81 bits per heavy atom. The molecule has 0 bridgehead atoms. The molecule has 2 aromatic carbocycles. The molecule has 7 heteroatoms. The van der Waals surface area contributed by atoms with E-state index in [2.05, 4.69) is 5.32 Å². The number of phenols is 2. The molecule has 0 amide bonds. The number of carboxylic acids is 1. The number of fused-ring (bicyclic) bond motifs is 1. The van der Waals surface area contributed by atoms with E-state index in [-0.39, 0.29) is 23.7 Å². The first-order valence-corrected chi connectivity index (χ1v) is 8.16. The van der Waals surface area contributed by atoms with Crippen LogP contribution in [0.4, 0.5) is 0 Å². The number of aromatic hydroxyl groups is 2. The van der Waals surface area contributed by atoms with E-state index in [0.29, 0.717) is 29.8 Å². The molecule has 0 fully saturated rings. The van der Waals surface area contributed by atoms with E-state index in [1.807, 2.05) is 0 Å². The SMILES string of the molecule is COc1ccc(C[C@]2(C(=O)O)NCCc3cc(O)c(OC)cc32)cc1O. The van der Waals surface area contributed by atoms with Crippen molar-refractivity contribution in [2.24, 2.45) is 0 Å². The van der Waals surface area contributed by atoms with Gasteiger partial charge >= 0.3 is 5.97 Å². The van der Waals surface area contributed by atoms with Crippen LogP contribution in [0, 0.1) is 0 Å². The third-order valence-electron chi connectivity index (χ3n) is 4.76. The summed E-state index contributed by atoms with van der Waals surface area (Å²) in [6.45, 7) is 0.452. The summed E-state index contributed by atoms with van der Waals surface area (Å²) in [5.74, 6) is -0.571. The van der Waals surface area contributed by atoms with E-state index in [1.54, 1.807) is 24.3 Å². The van der Waals surface area contributed by atoms with Crippen LogP contribution in [0.3, 0.4) is 0 Å². The van der Waals surface area contributed by atoms with E-state index in [9.17, 15) is 20.1 Å². The molecule has 26 heavy (non-hydrogen) atoms. The first-order chi connectivity index (χ1) is 12.4. The van der Waals surface area contributed by atoms with Crippen LogP contribution in [0.1, 0.15) is 16.7 Å². The number of benzene rings is 2. The molecule has 3 rings (SSSR count). The van der Waals surface area contributed by atoms with Crippen LogP contribution in [0.2, 0.25) is 0 Å². The quantitative estimate of drug-likeness (QED) is 0.644. The summed E-state index contributed by atoms with van der Waals surface area (Å²) in [6.07, 6.45) is 0.705. The highest BCUT2D eigenvalue weighted by Gasteiger charge is 2.44. The van der Waals surface area contributed by atoms with E-state index in [1.165, 1.54) is 20.3 Å². The summed E-state index contributed by atoms with van der Waals surface area (Å²) in [4.78, 5) is 12.3. The second kappa shape index (κ2) is 6.76. The Morgan fingerprint density at radius 1 is 1.12 bits per heavy atom. The maximum atomic E-state index is 12.3. The van der Waals surface area contributed by atoms with Gasteiger partial charge in [-0.1, -0.05) is 6.07 Å². The monoisotopic (exact) mass is 359 g/mol. The largest absolute Gasteiger partial charge is 0.504 e. The zero-order valence-electron chi connectivity index (χ0n) is 14.6. The Balaban J connectivity index is 2.10. The Hall–Kier alpha value is -2.93.